The van der Waals surface area contributed by atoms with Gasteiger partial charge in [-0.15, -0.1) is 0 Å². The summed E-state index contributed by atoms with van der Waals surface area (Å²) in [6.07, 6.45) is 0.674. The van der Waals surface area contributed by atoms with Crippen LogP contribution in [0, 0.1) is 10.1 Å². The van der Waals surface area contributed by atoms with Crippen molar-refractivity contribution in [3.05, 3.63) is 39.9 Å². The Balaban J connectivity index is 2.48. The van der Waals surface area contributed by atoms with Crippen molar-refractivity contribution >= 4 is 16.7 Å². The number of rotatable bonds is 4. The van der Waals surface area contributed by atoms with Crippen LogP contribution < -0.4 is 0 Å². The third kappa shape index (κ3) is 2.29. The highest BCUT2D eigenvalue weighted by molar-refractivity contribution is 5.87. The minimum atomic E-state index is -0.342. The Bertz CT molecular complexity index is 546. The standard InChI is InChI=1S/C12H15N3O2/c1-14(2)8-7-10-9-5-3-4-6-11(9)13-12(10)15(16)17/h3-6,13H,7-8H2,1-2H3. The molecule has 5 nitrogen and oxygen atoms in total. The molecule has 0 fully saturated rings. The number of aromatic amines is 1. The van der Waals surface area contributed by atoms with Crippen LogP contribution in [-0.4, -0.2) is 35.4 Å². The Kier molecular flexibility index (Phi) is 3.10. The molecule has 90 valence electrons. The summed E-state index contributed by atoms with van der Waals surface area (Å²) in [6.45, 7) is 0.794. The van der Waals surface area contributed by atoms with Crippen LogP contribution in [0.4, 0.5) is 5.82 Å². The average Bonchev–Trinajstić information content (AvgIpc) is 2.65. The lowest BCUT2D eigenvalue weighted by Gasteiger charge is -2.08. The summed E-state index contributed by atoms with van der Waals surface area (Å²) in [5, 5.41) is 11.9. The molecule has 0 unspecified atom stereocenters. The van der Waals surface area contributed by atoms with E-state index in [4.69, 9.17) is 0 Å². The zero-order valence-electron chi connectivity index (χ0n) is 9.93. The predicted octanol–water partition coefficient (Wildman–Crippen LogP) is 2.18. The highest BCUT2D eigenvalue weighted by Crippen LogP contribution is 2.28. The third-order valence-electron chi connectivity index (χ3n) is 2.78. The number of likely N-dealkylation sites (N-methyl/N-ethyl adjacent to an activating group) is 1. The molecule has 0 amide bonds. The first kappa shape index (κ1) is 11.6. The van der Waals surface area contributed by atoms with Crippen molar-refractivity contribution in [1.82, 2.24) is 9.88 Å². The first-order chi connectivity index (χ1) is 8.09. The highest BCUT2D eigenvalue weighted by Gasteiger charge is 2.19. The minimum absolute atomic E-state index is 0.119. The summed E-state index contributed by atoms with van der Waals surface area (Å²) in [5.41, 5.74) is 1.62. The Morgan fingerprint density at radius 1 is 1.35 bits per heavy atom. The summed E-state index contributed by atoms with van der Waals surface area (Å²) >= 11 is 0. The Morgan fingerprint density at radius 3 is 2.71 bits per heavy atom. The van der Waals surface area contributed by atoms with Crippen LogP contribution in [0.15, 0.2) is 24.3 Å². The zero-order valence-corrected chi connectivity index (χ0v) is 9.93. The monoisotopic (exact) mass is 233 g/mol. The molecule has 0 spiro atoms. The second-order valence-electron chi connectivity index (χ2n) is 4.31. The molecule has 0 aliphatic carbocycles. The summed E-state index contributed by atoms with van der Waals surface area (Å²) < 4.78 is 0. The van der Waals surface area contributed by atoms with Gasteiger partial charge in [-0.25, -0.2) is 4.98 Å². The van der Waals surface area contributed by atoms with Gasteiger partial charge < -0.3 is 15.0 Å². The molecule has 0 radical (unpaired) electrons. The van der Waals surface area contributed by atoms with Crippen LogP contribution in [0.3, 0.4) is 0 Å². The molecule has 0 aliphatic rings. The molecule has 0 saturated carbocycles. The van der Waals surface area contributed by atoms with Crippen molar-refractivity contribution in [3.8, 4) is 0 Å². The van der Waals surface area contributed by atoms with Crippen LogP contribution in [0.5, 0.6) is 0 Å². The predicted molar refractivity (Wildman–Crippen MR) is 67.2 cm³/mol. The number of H-pyrrole nitrogens is 1. The molecule has 0 aliphatic heterocycles. The molecule has 17 heavy (non-hydrogen) atoms. The van der Waals surface area contributed by atoms with E-state index in [0.29, 0.717) is 6.42 Å². The molecule has 1 aromatic heterocycles. The number of nitrogens with one attached hydrogen (secondary N) is 1. The number of benzene rings is 1. The number of nitro groups is 1. The minimum Gasteiger partial charge on any atom is -0.358 e. The molecule has 5 heteroatoms. The topological polar surface area (TPSA) is 62.2 Å². The molecule has 0 bridgehead atoms. The number of hydrogen-bond donors (Lipinski definition) is 1. The summed E-state index contributed by atoms with van der Waals surface area (Å²) in [6, 6.07) is 7.56. The second-order valence-corrected chi connectivity index (χ2v) is 4.31. The maximum atomic E-state index is 11.0. The van der Waals surface area contributed by atoms with Crippen molar-refractivity contribution in [2.75, 3.05) is 20.6 Å². The maximum absolute atomic E-state index is 11.0. The van der Waals surface area contributed by atoms with Gasteiger partial charge in [-0.3, -0.25) is 0 Å². The van der Waals surface area contributed by atoms with E-state index in [9.17, 15) is 10.1 Å². The van der Waals surface area contributed by atoms with Gasteiger partial charge in [0.15, 0.2) is 0 Å². The normalized spacial score (nSPS) is 11.2. The molecular formula is C12H15N3O2. The van der Waals surface area contributed by atoms with Gasteiger partial charge in [-0.05, 0) is 31.5 Å². The van der Waals surface area contributed by atoms with E-state index < -0.39 is 0 Å². The van der Waals surface area contributed by atoms with Crippen molar-refractivity contribution in [3.63, 3.8) is 0 Å². The van der Waals surface area contributed by atoms with Crippen LogP contribution in [0.2, 0.25) is 0 Å². The third-order valence-corrected chi connectivity index (χ3v) is 2.78. The van der Waals surface area contributed by atoms with E-state index >= 15 is 0 Å². The average molecular weight is 233 g/mol. The lowest BCUT2D eigenvalue weighted by molar-refractivity contribution is -0.389. The van der Waals surface area contributed by atoms with Crippen molar-refractivity contribution in [1.29, 1.82) is 0 Å². The van der Waals surface area contributed by atoms with Crippen LogP contribution in [0.25, 0.3) is 10.9 Å². The molecular weight excluding hydrogens is 218 g/mol. The number of fused-ring (bicyclic) bond motifs is 1. The first-order valence-corrected chi connectivity index (χ1v) is 5.48. The van der Waals surface area contributed by atoms with Crippen molar-refractivity contribution in [2.24, 2.45) is 0 Å². The fraction of sp³-hybridized carbons (Fsp3) is 0.333. The number of aromatic nitrogens is 1. The Morgan fingerprint density at radius 2 is 2.06 bits per heavy atom. The molecule has 1 aromatic carbocycles. The molecule has 1 heterocycles. The van der Waals surface area contributed by atoms with E-state index in [-0.39, 0.29) is 10.7 Å². The highest BCUT2D eigenvalue weighted by atomic mass is 16.6. The van der Waals surface area contributed by atoms with Gasteiger partial charge in [0, 0.05) is 11.9 Å². The van der Waals surface area contributed by atoms with Gasteiger partial charge in [0.05, 0.1) is 5.56 Å². The molecule has 0 atom stereocenters. The van der Waals surface area contributed by atoms with E-state index in [1.165, 1.54) is 0 Å². The van der Waals surface area contributed by atoms with Gasteiger partial charge in [0.1, 0.15) is 5.52 Å². The van der Waals surface area contributed by atoms with Gasteiger partial charge in [0.25, 0.3) is 0 Å². The largest absolute Gasteiger partial charge is 0.358 e. The molecule has 2 rings (SSSR count). The van der Waals surface area contributed by atoms with Gasteiger partial charge in [0.2, 0.25) is 0 Å². The zero-order chi connectivity index (χ0) is 12.4. The van der Waals surface area contributed by atoms with E-state index in [0.717, 1.165) is 23.0 Å². The van der Waals surface area contributed by atoms with Gasteiger partial charge >= 0.3 is 5.82 Å². The fourth-order valence-corrected chi connectivity index (χ4v) is 1.93. The van der Waals surface area contributed by atoms with Crippen LogP contribution >= 0.6 is 0 Å². The van der Waals surface area contributed by atoms with Gasteiger partial charge in [-0.2, -0.15) is 0 Å². The smallest absolute Gasteiger partial charge is 0.325 e. The Labute approximate surface area is 99.2 Å². The van der Waals surface area contributed by atoms with Gasteiger partial charge in [-0.1, -0.05) is 18.2 Å². The van der Waals surface area contributed by atoms with E-state index in [1.54, 1.807) is 0 Å². The number of hydrogen-bond acceptors (Lipinski definition) is 3. The second kappa shape index (κ2) is 4.55. The maximum Gasteiger partial charge on any atom is 0.325 e. The molecule has 1 N–H and O–H groups in total. The van der Waals surface area contributed by atoms with Crippen molar-refractivity contribution < 1.29 is 4.92 Å². The summed E-state index contributed by atoms with van der Waals surface area (Å²) in [5.74, 6) is 0.119. The van der Waals surface area contributed by atoms with Crippen molar-refractivity contribution in [2.45, 2.75) is 6.42 Å². The van der Waals surface area contributed by atoms with E-state index in [2.05, 4.69) is 4.98 Å². The SMILES string of the molecule is CN(C)CCc1c([N+](=O)[O-])[nH]c2ccccc12. The van der Waals surface area contributed by atoms with E-state index in [1.807, 2.05) is 43.3 Å². The fourth-order valence-electron chi connectivity index (χ4n) is 1.93. The first-order valence-electron chi connectivity index (χ1n) is 5.48. The van der Waals surface area contributed by atoms with Crippen LogP contribution in [0.1, 0.15) is 5.56 Å². The molecule has 2 aromatic rings. The lowest BCUT2D eigenvalue weighted by Crippen LogP contribution is -2.15. The summed E-state index contributed by atoms with van der Waals surface area (Å²) in [7, 11) is 3.92. The summed E-state index contributed by atoms with van der Waals surface area (Å²) in [4.78, 5) is 15.5. The number of nitrogens with zero attached hydrogens (tertiary/aromatic N) is 2. The van der Waals surface area contributed by atoms with Crippen LogP contribution in [-0.2, 0) is 6.42 Å². The molecule has 0 saturated heterocycles. The lowest BCUT2D eigenvalue weighted by atomic mass is 10.1. The quantitative estimate of drug-likeness (QED) is 0.650. The number of para-hydroxylation sites is 1. The Hall–Kier alpha value is -1.88.